The largest absolute Gasteiger partial charge is 0.416 e. The van der Waals surface area contributed by atoms with Gasteiger partial charge in [-0.3, -0.25) is 9.69 Å². The van der Waals surface area contributed by atoms with Crippen LogP contribution in [0.5, 0.6) is 0 Å². The molecule has 2 heterocycles. The molecule has 4 rings (SSSR count). The Morgan fingerprint density at radius 1 is 1.03 bits per heavy atom. The van der Waals surface area contributed by atoms with Gasteiger partial charge in [0.05, 0.1) is 11.3 Å². The molecular formula is C24H28F3N2OS+. The number of amides is 1. The second-order valence-electron chi connectivity index (χ2n) is 8.44. The van der Waals surface area contributed by atoms with Gasteiger partial charge in [0.25, 0.3) is 5.91 Å². The Balaban J connectivity index is 1.20. The highest BCUT2D eigenvalue weighted by Crippen LogP contribution is 2.31. The van der Waals surface area contributed by atoms with E-state index >= 15 is 0 Å². The van der Waals surface area contributed by atoms with E-state index in [2.05, 4.69) is 16.3 Å². The van der Waals surface area contributed by atoms with Gasteiger partial charge >= 0.3 is 6.18 Å². The quantitative estimate of drug-likeness (QED) is 0.605. The summed E-state index contributed by atoms with van der Waals surface area (Å²) in [5.74, 6) is 2.48. The van der Waals surface area contributed by atoms with Gasteiger partial charge in [0.15, 0.2) is 10.6 Å². The number of rotatable bonds is 6. The van der Waals surface area contributed by atoms with Crippen LogP contribution in [0.2, 0.25) is 0 Å². The average Bonchev–Trinajstić information content (AvgIpc) is 2.74. The van der Waals surface area contributed by atoms with E-state index in [9.17, 15) is 18.0 Å². The third-order valence-corrected chi connectivity index (χ3v) is 8.55. The number of para-hydroxylation sites is 1. The summed E-state index contributed by atoms with van der Waals surface area (Å²) in [4.78, 5) is 15.6. The van der Waals surface area contributed by atoms with Crippen molar-refractivity contribution in [3.05, 3.63) is 59.7 Å². The lowest BCUT2D eigenvalue weighted by Crippen LogP contribution is -2.34. The molecule has 2 aliphatic heterocycles. The highest BCUT2D eigenvalue weighted by molar-refractivity contribution is 7.97. The van der Waals surface area contributed by atoms with Crippen LogP contribution >= 0.6 is 0 Å². The second-order valence-corrected chi connectivity index (χ2v) is 10.6. The van der Waals surface area contributed by atoms with E-state index in [4.69, 9.17) is 0 Å². The molecule has 1 atom stereocenters. The number of hydrogen-bond acceptors (Lipinski definition) is 2. The molecule has 1 amide bonds. The summed E-state index contributed by atoms with van der Waals surface area (Å²) < 4.78 is 38.1. The van der Waals surface area contributed by atoms with Crippen LogP contribution in [0.15, 0.2) is 53.4 Å². The topological polar surface area (TPSA) is 32.3 Å². The third-order valence-electron chi connectivity index (χ3n) is 6.18. The number of nitrogens with zero attached hydrogens (tertiary/aromatic N) is 1. The Hall–Kier alpha value is -1.99. The molecule has 166 valence electrons. The van der Waals surface area contributed by atoms with Crippen molar-refractivity contribution < 1.29 is 18.0 Å². The molecule has 0 spiro atoms. The number of likely N-dealkylation sites (tertiary alicyclic amines) is 1. The van der Waals surface area contributed by atoms with Crippen molar-refractivity contribution in [3.8, 4) is 0 Å². The zero-order chi connectivity index (χ0) is 21.8. The molecule has 31 heavy (non-hydrogen) atoms. The highest BCUT2D eigenvalue weighted by Gasteiger charge is 2.33. The molecule has 1 fully saturated rings. The maximum Gasteiger partial charge on any atom is 0.416 e. The number of carbonyl (C=O) groups excluding carboxylic acids is 1. The Morgan fingerprint density at radius 2 is 1.74 bits per heavy atom. The van der Waals surface area contributed by atoms with Gasteiger partial charge in [-0.25, -0.2) is 0 Å². The van der Waals surface area contributed by atoms with Gasteiger partial charge in [0.2, 0.25) is 0 Å². The summed E-state index contributed by atoms with van der Waals surface area (Å²) in [5, 5.41) is 2.97. The minimum Gasteiger partial charge on any atom is -0.318 e. The SMILES string of the molecule is O=C1C[S+](CCCC2CCN(Cc3ccc(C(F)(F)F)cc3)CC2)c2ccccc2N1. The van der Waals surface area contributed by atoms with Crippen LogP contribution in [-0.2, 0) is 28.4 Å². The van der Waals surface area contributed by atoms with Crippen LogP contribution < -0.4 is 5.32 Å². The summed E-state index contributed by atoms with van der Waals surface area (Å²) >= 11 is 0. The van der Waals surface area contributed by atoms with Gasteiger partial charge in [0, 0.05) is 17.4 Å². The molecule has 0 bridgehead atoms. The number of nitrogens with one attached hydrogen (secondary N) is 1. The number of fused-ring (bicyclic) bond motifs is 1. The third kappa shape index (κ3) is 5.83. The first-order valence-corrected chi connectivity index (χ1v) is 12.4. The van der Waals surface area contributed by atoms with Crippen LogP contribution in [0.4, 0.5) is 18.9 Å². The van der Waals surface area contributed by atoms with Crippen molar-refractivity contribution in [2.24, 2.45) is 5.92 Å². The Kier molecular flexibility index (Phi) is 6.92. The average molecular weight is 450 g/mol. The first kappa shape index (κ1) is 22.2. The summed E-state index contributed by atoms with van der Waals surface area (Å²) in [7, 11) is 0.00146. The van der Waals surface area contributed by atoms with Crippen molar-refractivity contribution in [3.63, 3.8) is 0 Å². The molecule has 1 unspecified atom stereocenters. The fourth-order valence-electron chi connectivity index (χ4n) is 4.46. The first-order valence-electron chi connectivity index (χ1n) is 10.8. The van der Waals surface area contributed by atoms with E-state index in [1.807, 2.05) is 18.2 Å². The van der Waals surface area contributed by atoms with Crippen molar-refractivity contribution in [1.82, 2.24) is 4.90 Å². The molecule has 0 aliphatic carbocycles. The predicted octanol–water partition coefficient (Wildman–Crippen LogP) is 5.33. The number of hydrogen-bond donors (Lipinski definition) is 1. The second kappa shape index (κ2) is 9.65. The zero-order valence-corrected chi connectivity index (χ0v) is 18.3. The van der Waals surface area contributed by atoms with E-state index in [1.165, 1.54) is 23.4 Å². The van der Waals surface area contributed by atoms with E-state index in [-0.39, 0.29) is 16.8 Å². The maximum absolute atomic E-state index is 12.7. The molecule has 0 saturated carbocycles. The molecule has 1 saturated heterocycles. The molecule has 2 aliphatic rings. The minimum absolute atomic E-state index is 0.00146. The summed E-state index contributed by atoms with van der Waals surface area (Å²) in [6.45, 7) is 2.69. The van der Waals surface area contributed by atoms with Crippen LogP contribution in [0.1, 0.15) is 36.8 Å². The number of piperidine rings is 1. The smallest absolute Gasteiger partial charge is 0.318 e. The summed E-state index contributed by atoms with van der Waals surface area (Å²) in [6.07, 6.45) is 0.299. The lowest BCUT2D eigenvalue weighted by molar-refractivity contribution is -0.137. The predicted molar refractivity (Wildman–Crippen MR) is 119 cm³/mol. The highest BCUT2D eigenvalue weighted by atomic mass is 32.2. The minimum atomic E-state index is -4.28. The zero-order valence-electron chi connectivity index (χ0n) is 17.5. The van der Waals surface area contributed by atoms with Gasteiger partial charge in [-0.15, -0.1) is 0 Å². The Morgan fingerprint density at radius 3 is 2.45 bits per heavy atom. The lowest BCUT2D eigenvalue weighted by atomic mass is 9.92. The van der Waals surface area contributed by atoms with Crippen LogP contribution in [0, 0.1) is 5.92 Å². The maximum atomic E-state index is 12.7. The van der Waals surface area contributed by atoms with Gasteiger partial charge in [-0.05, 0) is 74.5 Å². The lowest BCUT2D eigenvalue weighted by Gasteiger charge is -2.32. The summed E-state index contributed by atoms with van der Waals surface area (Å²) in [5.41, 5.74) is 1.31. The molecule has 0 radical (unpaired) electrons. The monoisotopic (exact) mass is 449 g/mol. The van der Waals surface area contributed by atoms with Crippen LogP contribution in [0.3, 0.4) is 0 Å². The van der Waals surface area contributed by atoms with Gasteiger partial charge in [-0.1, -0.05) is 24.3 Å². The molecule has 3 nitrogen and oxygen atoms in total. The normalized spacial score (nSPS) is 20.4. The molecule has 1 N–H and O–H groups in total. The van der Waals surface area contributed by atoms with E-state index in [0.29, 0.717) is 18.2 Å². The molecular weight excluding hydrogens is 421 g/mol. The number of alkyl halides is 3. The Bertz CT molecular complexity index is 892. The standard InChI is InChI=1S/C24H27F3N2OS/c25-24(26,27)20-9-7-19(8-10-20)16-29-13-11-18(12-14-29)4-3-15-31-17-23(30)28-21-5-1-2-6-22(21)31/h1-2,5-10,18H,3-4,11-17H2/p+1. The van der Waals surface area contributed by atoms with E-state index in [0.717, 1.165) is 49.4 Å². The summed E-state index contributed by atoms with van der Waals surface area (Å²) in [6, 6.07) is 13.7. The van der Waals surface area contributed by atoms with Crippen molar-refractivity contribution in [2.75, 3.05) is 29.9 Å². The molecule has 7 heteroatoms. The van der Waals surface area contributed by atoms with Crippen molar-refractivity contribution in [1.29, 1.82) is 0 Å². The van der Waals surface area contributed by atoms with Crippen molar-refractivity contribution >= 4 is 22.5 Å². The van der Waals surface area contributed by atoms with Gasteiger partial charge in [-0.2, -0.15) is 13.2 Å². The van der Waals surface area contributed by atoms with Crippen LogP contribution in [0.25, 0.3) is 0 Å². The van der Waals surface area contributed by atoms with Crippen molar-refractivity contribution in [2.45, 2.75) is 43.3 Å². The number of anilines is 1. The Labute approximate surface area is 184 Å². The first-order chi connectivity index (χ1) is 14.9. The van der Waals surface area contributed by atoms with Gasteiger partial charge in [0.1, 0.15) is 5.75 Å². The molecule has 2 aromatic rings. The number of carbonyl (C=O) groups is 1. The fraction of sp³-hybridized carbons (Fsp3) is 0.458. The van der Waals surface area contributed by atoms with Gasteiger partial charge < -0.3 is 5.32 Å². The van der Waals surface area contributed by atoms with E-state index in [1.54, 1.807) is 12.1 Å². The molecule has 2 aromatic carbocycles. The number of halogens is 3. The molecule has 0 aromatic heterocycles. The number of benzene rings is 2. The van der Waals surface area contributed by atoms with E-state index < -0.39 is 11.7 Å². The van der Waals surface area contributed by atoms with Crippen LogP contribution in [-0.4, -0.2) is 35.4 Å². The fourth-order valence-corrected chi connectivity index (χ4v) is 6.59.